The Hall–Kier alpha value is -3.33. The lowest BCUT2D eigenvalue weighted by atomic mass is 9.94. The Labute approximate surface area is 247 Å². The molecule has 3 heterocycles. The normalized spacial score (nSPS) is 25.2. The molecule has 0 bridgehead atoms. The van der Waals surface area contributed by atoms with Gasteiger partial charge in [0.15, 0.2) is 6.10 Å². The van der Waals surface area contributed by atoms with E-state index in [1.807, 2.05) is 0 Å². The summed E-state index contributed by atoms with van der Waals surface area (Å²) in [5.41, 5.74) is 0.463. The molecule has 5 atom stereocenters. The number of amides is 2. The zero-order valence-corrected chi connectivity index (χ0v) is 24.1. The van der Waals surface area contributed by atoms with Crippen LogP contribution in [0.25, 0.3) is 0 Å². The van der Waals surface area contributed by atoms with E-state index in [4.69, 9.17) is 21.1 Å². The van der Waals surface area contributed by atoms with E-state index < -0.39 is 42.6 Å². The van der Waals surface area contributed by atoms with Crippen molar-refractivity contribution in [1.29, 1.82) is 0 Å². The molecule has 6 N–H and O–H groups in total. The number of carboxylic acid groups (broad SMARTS) is 1. The average molecular weight is 607 g/mol. The van der Waals surface area contributed by atoms with E-state index in [0.717, 1.165) is 13.1 Å². The highest BCUT2D eigenvalue weighted by Gasteiger charge is 2.48. The van der Waals surface area contributed by atoms with Gasteiger partial charge in [-0.05, 0) is 76.5 Å². The summed E-state index contributed by atoms with van der Waals surface area (Å²) in [6.45, 7) is 7.28. The molecule has 0 radical (unpaired) electrons. The van der Waals surface area contributed by atoms with Crippen molar-refractivity contribution >= 4 is 40.9 Å². The summed E-state index contributed by atoms with van der Waals surface area (Å²) in [6.07, 6.45) is -6.79. The number of aliphatic carboxylic acids is 1. The van der Waals surface area contributed by atoms with Crippen LogP contribution in [-0.2, 0) is 14.3 Å². The first-order valence-electron chi connectivity index (χ1n) is 13.6. The number of nitrogens with one attached hydrogen (secondary N) is 2. The second-order valence-corrected chi connectivity index (χ2v) is 11.2. The van der Waals surface area contributed by atoms with E-state index in [9.17, 15) is 34.8 Å². The highest BCUT2D eigenvalue weighted by Crippen LogP contribution is 2.35. The maximum Gasteiger partial charge on any atom is 0.335 e. The van der Waals surface area contributed by atoms with Gasteiger partial charge in [-0.3, -0.25) is 9.59 Å². The van der Waals surface area contributed by atoms with Gasteiger partial charge in [0.05, 0.1) is 16.3 Å². The number of carbonyl (C=O) groups excluding carboxylic acids is 2. The summed E-state index contributed by atoms with van der Waals surface area (Å²) in [4.78, 5) is 44.9. The fourth-order valence-electron chi connectivity index (χ4n) is 4.97. The van der Waals surface area contributed by atoms with Crippen LogP contribution in [0.1, 0.15) is 42.6 Å². The number of hydrogen-bond donors (Lipinski definition) is 6. The van der Waals surface area contributed by atoms with Gasteiger partial charge in [0.1, 0.15) is 29.9 Å². The zero-order valence-electron chi connectivity index (χ0n) is 23.4. The maximum atomic E-state index is 13.5. The summed E-state index contributed by atoms with van der Waals surface area (Å²) in [6, 6.07) is 6.37. The van der Waals surface area contributed by atoms with Crippen molar-refractivity contribution in [3.63, 3.8) is 0 Å². The molecule has 2 amide bonds. The summed E-state index contributed by atoms with van der Waals surface area (Å²) in [5.74, 6) is -2.86. The van der Waals surface area contributed by atoms with E-state index in [2.05, 4.69) is 34.4 Å². The van der Waals surface area contributed by atoms with Gasteiger partial charge in [0, 0.05) is 18.2 Å². The molecular weight excluding hydrogens is 572 g/mol. The highest BCUT2D eigenvalue weighted by molar-refractivity contribution is 6.30. The van der Waals surface area contributed by atoms with Crippen molar-refractivity contribution < 1.29 is 44.3 Å². The van der Waals surface area contributed by atoms with Crippen LogP contribution < -0.4 is 15.4 Å². The Kier molecular flexibility index (Phi) is 10.0. The fraction of sp³-hybridized carbons (Fsp3) is 0.500. The van der Waals surface area contributed by atoms with E-state index in [1.54, 1.807) is 13.0 Å². The van der Waals surface area contributed by atoms with Gasteiger partial charge in [-0.15, -0.1) is 0 Å². The molecule has 0 unspecified atom stereocenters. The molecule has 42 heavy (non-hydrogen) atoms. The lowest BCUT2D eigenvalue weighted by Crippen LogP contribution is -2.61. The minimum atomic E-state index is -1.92. The molecule has 0 spiro atoms. The zero-order chi connectivity index (χ0) is 30.7. The number of carbonyl (C=O) groups is 3. The van der Waals surface area contributed by atoms with Crippen molar-refractivity contribution in [3.8, 4) is 5.75 Å². The Morgan fingerprint density at radius 1 is 1.07 bits per heavy atom. The molecule has 4 rings (SSSR count). The Balaban J connectivity index is 1.67. The van der Waals surface area contributed by atoms with E-state index in [0.29, 0.717) is 29.5 Å². The second-order valence-electron chi connectivity index (χ2n) is 10.7. The summed E-state index contributed by atoms with van der Waals surface area (Å²) in [5, 5.41) is 46.1. The number of anilines is 2. The first-order chi connectivity index (χ1) is 19.8. The number of ether oxygens (including phenoxy) is 2. The van der Waals surface area contributed by atoms with E-state index >= 15 is 0 Å². The van der Waals surface area contributed by atoms with E-state index in [1.165, 1.54) is 24.4 Å². The van der Waals surface area contributed by atoms with Crippen LogP contribution >= 0.6 is 11.6 Å². The Morgan fingerprint density at radius 3 is 2.36 bits per heavy atom. The standard InChI is InChI=1S/C28H35ClN4O9/c1-13(2)33-8-6-15(7-9-33)25(37)32-20-17(26(38)31-19-5-4-16(29)12-30-19)10-14(3)11-18(20)41-28-23(36)21(34)22(35)24(42-28)27(39)40/h4-5,10-13,15,21-24,28,34-36H,6-9H2,1-3H3,(H,32,37)(H,39,40)(H,30,31,38)/t21-,22-,23+,24-,28+/m0/s1. The quantitative estimate of drug-likeness (QED) is 0.256. The van der Waals surface area contributed by atoms with E-state index in [-0.39, 0.29) is 34.6 Å². The van der Waals surface area contributed by atoms with Crippen LogP contribution in [0.4, 0.5) is 11.5 Å². The molecule has 2 aromatic rings. The molecule has 2 aliphatic rings. The second kappa shape index (κ2) is 13.3. The van der Waals surface area contributed by atoms with Gasteiger partial charge in [0.25, 0.3) is 5.91 Å². The number of aryl methyl sites for hydroxylation is 1. The molecule has 14 heteroatoms. The number of halogens is 1. The van der Waals surface area contributed by atoms with Crippen LogP contribution in [0, 0.1) is 12.8 Å². The first-order valence-corrected chi connectivity index (χ1v) is 13.9. The van der Waals surface area contributed by atoms with Crippen molar-refractivity contribution in [1.82, 2.24) is 9.88 Å². The monoisotopic (exact) mass is 606 g/mol. The fourth-order valence-corrected chi connectivity index (χ4v) is 5.08. The number of nitrogens with zero attached hydrogens (tertiary/aromatic N) is 2. The summed E-state index contributed by atoms with van der Waals surface area (Å²) >= 11 is 5.90. The number of rotatable bonds is 8. The molecule has 2 aliphatic heterocycles. The van der Waals surface area contributed by atoms with Crippen LogP contribution in [0.3, 0.4) is 0 Å². The molecule has 0 aliphatic carbocycles. The highest BCUT2D eigenvalue weighted by atomic mass is 35.5. The number of benzene rings is 1. The van der Waals surface area contributed by atoms with Gasteiger partial charge in [0.2, 0.25) is 12.2 Å². The number of aliphatic hydroxyl groups excluding tert-OH is 3. The van der Waals surface area contributed by atoms with Gasteiger partial charge in [-0.2, -0.15) is 0 Å². The number of piperidine rings is 1. The lowest BCUT2D eigenvalue weighted by Gasteiger charge is -2.38. The molecule has 1 aromatic heterocycles. The third kappa shape index (κ3) is 7.17. The van der Waals surface area contributed by atoms with Crippen LogP contribution in [0.5, 0.6) is 5.75 Å². The summed E-state index contributed by atoms with van der Waals surface area (Å²) < 4.78 is 11.1. The molecule has 13 nitrogen and oxygen atoms in total. The SMILES string of the molecule is Cc1cc(O[C@@H]2O[C@H](C(=O)O)[C@@H](O)[C@H](O)[C@H]2O)c(NC(=O)C2CCN(C(C)C)CC2)c(C(=O)Nc2ccc(Cl)cn2)c1. The largest absolute Gasteiger partial charge is 0.479 e. The lowest BCUT2D eigenvalue weighted by molar-refractivity contribution is -0.271. The van der Waals surface area contributed by atoms with Gasteiger partial charge in [-0.25, -0.2) is 9.78 Å². The van der Waals surface area contributed by atoms with Crippen molar-refractivity contribution in [2.75, 3.05) is 23.7 Å². The molecule has 0 saturated carbocycles. The molecule has 228 valence electrons. The number of aromatic nitrogens is 1. The molecule has 2 saturated heterocycles. The Bertz CT molecular complexity index is 1300. The maximum absolute atomic E-state index is 13.5. The van der Waals surface area contributed by atoms with Crippen molar-refractivity contribution in [2.24, 2.45) is 5.92 Å². The van der Waals surface area contributed by atoms with Crippen molar-refractivity contribution in [3.05, 3.63) is 46.6 Å². The molecule has 1 aromatic carbocycles. The number of likely N-dealkylation sites (tertiary alicyclic amines) is 1. The minimum Gasteiger partial charge on any atom is -0.479 e. The number of carboxylic acids is 1. The number of pyridine rings is 1. The number of hydrogen-bond acceptors (Lipinski definition) is 10. The Morgan fingerprint density at radius 2 is 1.76 bits per heavy atom. The molecule has 2 fully saturated rings. The third-order valence-electron chi connectivity index (χ3n) is 7.40. The third-order valence-corrected chi connectivity index (χ3v) is 7.62. The minimum absolute atomic E-state index is 0.00427. The average Bonchev–Trinajstić information content (AvgIpc) is 2.95. The first kappa shape index (κ1) is 31.6. The topological polar surface area (TPSA) is 191 Å². The van der Waals surface area contributed by atoms with Crippen LogP contribution in [0.2, 0.25) is 5.02 Å². The van der Waals surface area contributed by atoms with Gasteiger partial charge >= 0.3 is 5.97 Å². The van der Waals surface area contributed by atoms with Gasteiger partial charge < -0.3 is 45.4 Å². The van der Waals surface area contributed by atoms with Crippen LogP contribution in [-0.4, -0.2) is 97.9 Å². The van der Waals surface area contributed by atoms with Gasteiger partial charge in [-0.1, -0.05) is 11.6 Å². The smallest absolute Gasteiger partial charge is 0.335 e. The number of aliphatic hydroxyl groups is 3. The molecular formula is C28H35ClN4O9. The predicted octanol–water partition coefficient (Wildman–Crippen LogP) is 1.63. The van der Waals surface area contributed by atoms with Crippen LogP contribution in [0.15, 0.2) is 30.5 Å². The van der Waals surface area contributed by atoms with Crippen molar-refractivity contribution in [2.45, 2.75) is 70.4 Å². The predicted molar refractivity (Wildman–Crippen MR) is 151 cm³/mol. The summed E-state index contributed by atoms with van der Waals surface area (Å²) in [7, 11) is 0.